The van der Waals surface area contributed by atoms with E-state index in [4.69, 9.17) is 4.74 Å². The SMILES string of the molecule is COC(=O)CCCc1cc(OC)c(Br)cc1Br. The predicted octanol–water partition coefficient (Wildman–Crippen LogP) is 3.72. The monoisotopic (exact) mass is 364 g/mol. The zero-order valence-electron chi connectivity index (χ0n) is 9.76. The molecule has 0 aliphatic carbocycles. The second-order valence-electron chi connectivity index (χ2n) is 3.51. The lowest BCUT2D eigenvalue weighted by Gasteiger charge is -2.09. The Morgan fingerprint density at radius 1 is 1.24 bits per heavy atom. The third kappa shape index (κ3) is 4.32. The van der Waals surface area contributed by atoms with Gasteiger partial charge in [-0.2, -0.15) is 0 Å². The van der Waals surface area contributed by atoms with Gasteiger partial charge in [0.15, 0.2) is 0 Å². The third-order valence-electron chi connectivity index (χ3n) is 2.38. The number of ether oxygens (including phenoxy) is 2. The Morgan fingerprint density at radius 2 is 1.94 bits per heavy atom. The molecule has 0 aromatic heterocycles. The van der Waals surface area contributed by atoms with E-state index in [0.717, 1.165) is 33.1 Å². The smallest absolute Gasteiger partial charge is 0.305 e. The molecular weight excluding hydrogens is 352 g/mol. The van der Waals surface area contributed by atoms with Crippen LogP contribution in [0.25, 0.3) is 0 Å². The number of carbonyl (C=O) groups is 1. The van der Waals surface area contributed by atoms with E-state index in [2.05, 4.69) is 36.6 Å². The van der Waals surface area contributed by atoms with Gasteiger partial charge in [-0.15, -0.1) is 0 Å². The predicted molar refractivity (Wildman–Crippen MR) is 73.3 cm³/mol. The van der Waals surface area contributed by atoms with Crippen LogP contribution < -0.4 is 4.74 Å². The molecule has 1 aromatic rings. The largest absolute Gasteiger partial charge is 0.496 e. The fourth-order valence-corrected chi connectivity index (χ4v) is 2.80. The Kier molecular flexibility index (Phi) is 5.98. The minimum Gasteiger partial charge on any atom is -0.496 e. The summed E-state index contributed by atoms with van der Waals surface area (Å²) in [5.74, 6) is 0.617. The minimum atomic E-state index is -0.176. The third-order valence-corrected chi connectivity index (χ3v) is 3.73. The highest BCUT2D eigenvalue weighted by Gasteiger charge is 2.08. The van der Waals surface area contributed by atoms with Crippen molar-refractivity contribution in [3.8, 4) is 5.75 Å². The normalized spacial score (nSPS) is 10.1. The summed E-state index contributed by atoms with van der Waals surface area (Å²) >= 11 is 6.91. The van der Waals surface area contributed by atoms with Crippen LogP contribution in [0, 0.1) is 0 Å². The summed E-state index contributed by atoms with van der Waals surface area (Å²) in [5.41, 5.74) is 1.12. The summed E-state index contributed by atoms with van der Waals surface area (Å²) in [7, 11) is 3.03. The molecule has 0 aliphatic rings. The summed E-state index contributed by atoms with van der Waals surface area (Å²) in [6.07, 6.45) is 2.00. The Labute approximate surface area is 118 Å². The second kappa shape index (κ2) is 7.01. The molecule has 0 fully saturated rings. The van der Waals surface area contributed by atoms with Crippen molar-refractivity contribution < 1.29 is 14.3 Å². The van der Waals surface area contributed by atoms with E-state index in [9.17, 15) is 4.79 Å². The van der Waals surface area contributed by atoms with Crippen molar-refractivity contribution in [2.24, 2.45) is 0 Å². The van der Waals surface area contributed by atoms with Gasteiger partial charge in [-0.3, -0.25) is 4.79 Å². The van der Waals surface area contributed by atoms with E-state index in [1.807, 2.05) is 12.1 Å². The van der Waals surface area contributed by atoms with Gasteiger partial charge in [-0.05, 0) is 46.5 Å². The molecule has 0 heterocycles. The van der Waals surface area contributed by atoms with Crippen LogP contribution in [0.3, 0.4) is 0 Å². The van der Waals surface area contributed by atoms with Gasteiger partial charge in [0, 0.05) is 10.9 Å². The first-order valence-electron chi connectivity index (χ1n) is 5.17. The van der Waals surface area contributed by atoms with E-state index in [-0.39, 0.29) is 5.97 Å². The van der Waals surface area contributed by atoms with Gasteiger partial charge < -0.3 is 9.47 Å². The van der Waals surface area contributed by atoms with Crippen LogP contribution >= 0.6 is 31.9 Å². The summed E-state index contributed by atoms with van der Waals surface area (Å²) in [6, 6.07) is 3.91. The van der Waals surface area contributed by atoms with Gasteiger partial charge in [-0.25, -0.2) is 0 Å². The number of halogens is 2. The van der Waals surface area contributed by atoms with Crippen LogP contribution in [0.2, 0.25) is 0 Å². The molecule has 0 aliphatic heterocycles. The Bertz CT molecular complexity index is 405. The molecule has 3 nitrogen and oxygen atoms in total. The number of aryl methyl sites for hydroxylation is 1. The number of hydrogen-bond acceptors (Lipinski definition) is 3. The molecule has 0 N–H and O–H groups in total. The summed E-state index contributed by atoms with van der Waals surface area (Å²) in [6.45, 7) is 0. The maximum Gasteiger partial charge on any atom is 0.305 e. The van der Waals surface area contributed by atoms with E-state index >= 15 is 0 Å². The maximum atomic E-state index is 11.0. The molecule has 94 valence electrons. The van der Waals surface area contributed by atoms with Gasteiger partial charge >= 0.3 is 5.97 Å². The average molecular weight is 366 g/mol. The molecule has 0 spiro atoms. The fraction of sp³-hybridized carbons (Fsp3) is 0.417. The molecule has 0 saturated carbocycles. The first kappa shape index (κ1) is 14.5. The zero-order valence-corrected chi connectivity index (χ0v) is 12.9. The van der Waals surface area contributed by atoms with Crippen LogP contribution in [0.5, 0.6) is 5.75 Å². The van der Waals surface area contributed by atoms with Crippen molar-refractivity contribution in [3.05, 3.63) is 26.6 Å². The van der Waals surface area contributed by atoms with Crippen molar-refractivity contribution in [3.63, 3.8) is 0 Å². The van der Waals surface area contributed by atoms with Crippen molar-refractivity contribution in [1.29, 1.82) is 0 Å². The maximum absolute atomic E-state index is 11.0. The highest BCUT2D eigenvalue weighted by molar-refractivity contribution is 9.11. The highest BCUT2D eigenvalue weighted by atomic mass is 79.9. The molecule has 0 radical (unpaired) electrons. The van der Waals surface area contributed by atoms with E-state index < -0.39 is 0 Å². The summed E-state index contributed by atoms with van der Waals surface area (Å²) in [5, 5.41) is 0. The van der Waals surface area contributed by atoms with E-state index in [1.54, 1.807) is 7.11 Å². The summed E-state index contributed by atoms with van der Waals surface area (Å²) in [4.78, 5) is 11.0. The van der Waals surface area contributed by atoms with Crippen LogP contribution in [-0.4, -0.2) is 20.2 Å². The van der Waals surface area contributed by atoms with Crippen molar-refractivity contribution >= 4 is 37.8 Å². The first-order chi connectivity index (χ1) is 8.08. The second-order valence-corrected chi connectivity index (χ2v) is 5.22. The topological polar surface area (TPSA) is 35.5 Å². The molecule has 0 unspecified atom stereocenters. The van der Waals surface area contributed by atoms with Crippen LogP contribution in [0.1, 0.15) is 18.4 Å². The van der Waals surface area contributed by atoms with Crippen molar-refractivity contribution in [2.75, 3.05) is 14.2 Å². The van der Waals surface area contributed by atoms with Gasteiger partial charge in [0.1, 0.15) is 5.75 Å². The molecule has 5 heteroatoms. The van der Waals surface area contributed by atoms with Crippen LogP contribution in [0.4, 0.5) is 0 Å². The Morgan fingerprint density at radius 3 is 2.53 bits per heavy atom. The lowest BCUT2D eigenvalue weighted by atomic mass is 10.1. The zero-order chi connectivity index (χ0) is 12.8. The lowest BCUT2D eigenvalue weighted by Crippen LogP contribution is -2.01. The van der Waals surface area contributed by atoms with Crippen LogP contribution in [0.15, 0.2) is 21.1 Å². The quantitative estimate of drug-likeness (QED) is 0.746. The summed E-state index contributed by atoms with van der Waals surface area (Å²) < 4.78 is 11.7. The Balaban J connectivity index is 2.67. The molecule has 1 rings (SSSR count). The van der Waals surface area contributed by atoms with Gasteiger partial charge in [-0.1, -0.05) is 15.9 Å². The van der Waals surface area contributed by atoms with Crippen molar-refractivity contribution in [1.82, 2.24) is 0 Å². The number of rotatable bonds is 5. The molecule has 1 aromatic carbocycles. The lowest BCUT2D eigenvalue weighted by molar-refractivity contribution is -0.140. The van der Waals surface area contributed by atoms with Gasteiger partial charge in [0.25, 0.3) is 0 Å². The average Bonchev–Trinajstić information content (AvgIpc) is 2.31. The van der Waals surface area contributed by atoms with Gasteiger partial charge in [0.2, 0.25) is 0 Å². The van der Waals surface area contributed by atoms with E-state index in [1.165, 1.54) is 7.11 Å². The fourth-order valence-electron chi connectivity index (χ4n) is 1.44. The molecule has 0 saturated heterocycles. The molecule has 0 amide bonds. The number of benzene rings is 1. The minimum absolute atomic E-state index is 0.176. The molecular formula is C12H14Br2O3. The number of hydrogen-bond donors (Lipinski definition) is 0. The number of carbonyl (C=O) groups excluding carboxylic acids is 1. The van der Waals surface area contributed by atoms with Crippen molar-refractivity contribution in [2.45, 2.75) is 19.3 Å². The van der Waals surface area contributed by atoms with E-state index in [0.29, 0.717) is 6.42 Å². The Hall–Kier alpha value is -0.550. The van der Waals surface area contributed by atoms with Gasteiger partial charge in [0.05, 0.1) is 18.7 Å². The molecule has 0 atom stereocenters. The number of esters is 1. The molecule has 17 heavy (non-hydrogen) atoms. The number of methoxy groups -OCH3 is 2. The first-order valence-corrected chi connectivity index (χ1v) is 6.75. The molecule has 0 bridgehead atoms. The standard InChI is InChI=1S/C12H14Br2O3/c1-16-11-6-8(9(13)7-10(11)14)4-3-5-12(15)17-2/h6-7H,3-5H2,1-2H3. The highest BCUT2D eigenvalue weighted by Crippen LogP contribution is 2.32. The van der Waals surface area contributed by atoms with Crippen LogP contribution in [-0.2, 0) is 16.0 Å².